The van der Waals surface area contributed by atoms with Crippen molar-refractivity contribution in [2.75, 3.05) is 39.6 Å². The number of rotatable bonds is 77. The number of phosphoric acid groups is 2. The van der Waals surface area contributed by atoms with Crippen LogP contribution in [0.1, 0.15) is 395 Å². The number of aliphatic hydroxyl groups is 1. The van der Waals surface area contributed by atoms with Crippen LogP contribution in [0.2, 0.25) is 0 Å². The van der Waals surface area contributed by atoms with Gasteiger partial charge in [0.15, 0.2) is 12.2 Å². The van der Waals surface area contributed by atoms with Crippen molar-refractivity contribution in [2.45, 2.75) is 414 Å². The molecule has 0 saturated heterocycles. The van der Waals surface area contributed by atoms with Crippen LogP contribution >= 0.6 is 15.6 Å². The number of phosphoric ester groups is 2. The van der Waals surface area contributed by atoms with Gasteiger partial charge in [0.05, 0.1) is 26.4 Å². The number of unbranched alkanes of at least 4 members (excludes halogenated alkanes) is 41. The Kier molecular flexibility index (Phi) is 69.1. The van der Waals surface area contributed by atoms with Crippen LogP contribution in [0.4, 0.5) is 0 Å². The quantitative estimate of drug-likeness (QED) is 0.0169. The number of allylic oxidation sites excluding steroid dienone is 4. The maximum Gasteiger partial charge on any atom is 0.472 e. The largest absolute Gasteiger partial charge is 0.472 e. The molecule has 0 aromatic carbocycles. The number of aliphatic hydroxyl groups excluding tert-OH is 1. The van der Waals surface area contributed by atoms with E-state index in [1.165, 1.54) is 186 Å². The molecule has 0 amide bonds. The highest BCUT2D eigenvalue weighted by Gasteiger charge is 2.30. The normalized spacial score (nSPS) is 14.4. The van der Waals surface area contributed by atoms with Crippen molar-refractivity contribution >= 4 is 39.5 Å². The van der Waals surface area contributed by atoms with E-state index in [2.05, 4.69) is 72.8 Å². The second-order valence-electron chi connectivity index (χ2n) is 29.7. The molecular formula is C81H154O17P2. The van der Waals surface area contributed by atoms with Gasteiger partial charge in [-0.2, -0.15) is 0 Å². The summed E-state index contributed by atoms with van der Waals surface area (Å²) in [4.78, 5) is 73.0. The summed E-state index contributed by atoms with van der Waals surface area (Å²) in [6.45, 7) is 11.9. The number of carbonyl (C=O) groups is 4. The number of hydrogen-bond donors (Lipinski definition) is 3. The minimum Gasteiger partial charge on any atom is -0.462 e. The first-order valence-corrected chi connectivity index (χ1v) is 44.2. The summed E-state index contributed by atoms with van der Waals surface area (Å²) in [5.41, 5.74) is 0. The van der Waals surface area contributed by atoms with E-state index in [-0.39, 0.29) is 25.7 Å². The molecule has 590 valence electrons. The molecule has 4 unspecified atom stereocenters. The van der Waals surface area contributed by atoms with Crippen molar-refractivity contribution in [2.24, 2.45) is 17.8 Å². The van der Waals surface area contributed by atoms with Crippen molar-refractivity contribution in [3.8, 4) is 0 Å². The van der Waals surface area contributed by atoms with Crippen molar-refractivity contribution in [3.63, 3.8) is 0 Å². The van der Waals surface area contributed by atoms with Crippen LogP contribution in [0.25, 0.3) is 0 Å². The fourth-order valence-corrected chi connectivity index (χ4v) is 13.5. The number of carbonyl (C=O) groups excluding carboxylic acids is 4. The van der Waals surface area contributed by atoms with E-state index >= 15 is 0 Å². The second kappa shape index (κ2) is 70.8. The van der Waals surface area contributed by atoms with E-state index < -0.39 is 97.5 Å². The van der Waals surface area contributed by atoms with Crippen molar-refractivity contribution in [1.29, 1.82) is 0 Å². The maximum atomic E-state index is 13.1. The Hall–Kier alpha value is -2.46. The third-order valence-corrected chi connectivity index (χ3v) is 20.5. The Morgan fingerprint density at radius 3 is 0.890 bits per heavy atom. The zero-order chi connectivity index (χ0) is 73.7. The molecule has 0 aliphatic carbocycles. The predicted molar refractivity (Wildman–Crippen MR) is 409 cm³/mol. The molecule has 6 atom stereocenters. The molecule has 0 saturated carbocycles. The van der Waals surface area contributed by atoms with Crippen molar-refractivity contribution in [1.82, 2.24) is 0 Å². The maximum absolute atomic E-state index is 13.1. The van der Waals surface area contributed by atoms with Crippen LogP contribution in [0.5, 0.6) is 0 Å². The lowest BCUT2D eigenvalue weighted by Gasteiger charge is -2.21. The third kappa shape index (κ3) is 72.5. The smallest absolute Gasteiger partial charge is 0.462 e. The van der Waals surface area contributed by atoms with Gasteiger partial charge in [-0.3, -0.25) is 37.3 Å². The van der Waals surface area contributed by atoms with Gasteiger partial charge in [-0.15, -0.1) is 0 Å². The molecule has 0 aromatic rings. The lowest BCUT2D eigenvalue weighted by molar-refractivity contribution is -0.161. The summed E-state index contributed by atoms with van der Waals surface area (Å²) in [7, 11) is -9.93. The zero-order valence-electron chi connectivity index (χ0n) is 65.2. The van der Waals surface area contributed by atoms with E-state index in [4.69, 9.17) is 37.0 Å². The van der Waals surface area contributed by atoms with Gasteiger partial charge in [-0.05, 0) is 69.1 Å². The Morgan fingerprint density at radius 2 is 0.590 bits per heavy atom. The minimum absolute atomic E-state index is 0.0852. The second-order valence-corrected chi connectivity index (χ2v) is 32.6. The molecule has 0 fully saturated rings. The summed E-state index contributed by atoms with van der Waals surface area (Å²) in [5, 5.41) is 10.6. The Labute approximate surface area is 612 Å². The standard InChI is InChI=1S/C81H154O17P2/c1-8-10-11-12-13-14-15-16-21-26-29-35-42-50-57-64-80(85)97-76(68-91-78(83)62-55-48-41-34-28-25-23-20-18-17-19-22-24-27-32-38-45-52-59-72(3)4)70-95-99(87,88)93-66-75(82)67-94-100(89,90)96-71-77(69-92-79(84)63-56-49-44-37-39-46-53-60-73(5)6)98-81(86)65-58-51-43-36-31-30-33-40-47-54-61-74(7)9-2/h14-16,21,72-77,82H,8-13,17-20,22-71H2,1-7H3,(H,87,88)(H,89,90)/b15-14-,21-16-/t74?,75?,76-,77-/m1/s1. The van der Waals surface area contributed by atoms with Crippen LogP contribution in [-0.2, 0) is 65.4 Å². The lowest BCUT2D eigenvalue weighted by atomic mass is 9.99. The first kappa shape index (κ1) is 97.5. The molecule has 19 heteroatoms. The van der Waals surface area contributed by atoms with Crippen LogP contribution in [0, 0.1) is 17.8 Å². The predicted octanol–water partition coefficient (Wildman–Crippen LogP) is 23.7. The Morgan fingerprint density at radius 1 is 0.330 bits per heavy atom. The molecule has 3 N–H and O–H groups in total. The van der Waals surface area contributed by atoms with Gasteiger partial charge < -0.3 is 33.8 Å². The molecule has 0 bridgehead atoms. The molecule has 0 spiro atoms. The monoisotopic (exact) mass is 1460 g/mol. The van der Waals surface area contributed by atoms with Crippen molar-refractivity contribution < 1.29 is 80.2 Å². The topological polar surface area (TPSA) is 237 Å². The highest BCUT2D eigenvalue weighted by molar-refractivity contribution is 7.47. The van der Waals surface area contributed by atoms with Crippen LogP contribution in [0.3, 0.4) is 0 Å². The van der Waals surface area contributed by atoms with E-state index in [1.54, 1.807) is 0 Å². The molecule has 0 heterocycles. The van der Waals surface area contributed by atoms with Crippen LogP contribution in [-0.4, -0.2) is 96.7 Å². The molecule has 0 aromatic heterocycles. The Balaban J connectivity index is 5.24. The first-order valence-electron chi connectivity index (χ1n) is 41.2. The zero-order valence-corrected chi connectivity index (χ0v) is 66.9. The molecule has 0 aliphatic rings. The van der Waals surface area contributed by atoms with E-state index in [0.29, 0.717) is 31.6 Å². The van der Waals surface area contributed by atoms with E-state index in [1.807, 2.05) is 0 Å². The van der Waals surface area contributed by atoms with Crippen LogP contribution in [0.15, 0.2) is 24.3 Å². The summed E-state index contributed by atoms with van der Waals surface area (Å²) in [6.07, 6.45) is 62.0. The van der Waals surface area contributed by atoms with Crippen molar-refractivity contribution in [3.05, 3.63) is 24.3 Å². The van der Waals surface area contributed by atoms with Gasteiger partial charge in [0.25, 0.3) is 0 Å². The van der Waals surface area contributed by atoms with Gasteiger partial charge >= 0.3 is 39.5 Å². The van der Waals surface area contributed by atoms with Gasteiger partial charge in [0.1, 0.15) is 19.3 Å². The number of ether oxygens (including phenoxy) is 4. The molecule has 100 heavy (non-hydrogen) atoms. The summed E-state index contributed by atoms with van der Waals surface area (Å²) in [6, 6.07) is 0. The molecule has 0 rings (SSSR count). The SMILES string of the molecule is CCCCCC/C=C\C=C/CCCCCCCC(=O)O[C@H](COC(=O)CCCCCCCCCCCCCCCCCCCCC(C)C)COP(=O)(O)OCC(O)COP(=O)(O)OC[C@@H](COC(=O)CCCCCCCCCC(C)C)OC(=O)CCCCCCCCCCCCC(C)CC. The first-order chi connectivity index (χ1) is 48.3. The third-order valence-electron chi connectivity index (χ3n) is 18.6. The van der Waals surface area contributed by atoms with Gasteiger partial charge in [0, 0.05) is 25.7 Å². The Bertz CT molecular complexity index is 2040. The number of hydrogen-bond acceptors (Lipinski definition) is 15. The van der Waals surface area contributed by atoms with Crippen LogP contribution < -0.4 is 0 Å². The van der Waals surface area contributed by atoms with Gasteiger partial charge in [0.2, 0.25) is 0 Å². The summed E-state index contributed by atoms with van der Waals surface area (Å²) in [5.74, 6) is 0.183. The highest BCUT2D eigenvalue weighted by Crippen LogP contribution is 2.45. The molecule has 17 nitrogen and oxygen atoms in total. The summed E-state index contributed by atoms with van der Waals surface area (Å²) >= 11 is 0. The highest BCUT2D eigenvalue weighted by atomic mass is 31.2. The minimum atomic E-state index is -4.97. The molecule has 0 radical (unpaired) electrons. The fraction of sp³-hybridized carbons (Fsp3) is 0.901. The van der Waals surface area contributed by atoms with Gasteiger partial charge in [-0.1, -0.05) is 342 Å². The fourth-order valence-electron chi connectivity index (χ4n) is 11.9. The average Bonchev–Trinajstić information content (AvgIpc) is 0.935. The van der Waals surface area contributed by atoms with E-state index in [9.17, 15) is 43.2 Å². The summed E-state index contributed by atoms with van der Waals surface area (Å²) < 4.78 is 68.6. The molecule has 0 aliphatic heterocycles. The lowest BCUT2D eigenvalue weighted by Crippen LogP contribution is -2.30. The average molecular weight is 1460 g/mol. The van der Waals surface area contributed by atoms with E-state index in [0.717, 1.165) is 121 Å². The molecular weight excluding hydrogens is 1310 g/mol. The van der Waals surface area contributed by atoms with Gasteiger partial charge in [-0.25, -0.2) is 9.13 Å². The number of esters is 4.